The minimum Gasteiger partial charge on any atom is -0.388 e. The van der Waals surface area contributed by atoms with Gasteiger partial charge in [0.2, 0.25) is 0 Å². The molecule has 1 aliphatic heterocycles. The number of likely N-dealkylation sites (tertiary alicyclic amines) is 1. The van der Waals surface area contributed by atoms with E-state index in [-0.39, 0.29) is 0 Å². The van der Waals surface area contributed by atoms with Gasteiger partial charge in [0.15, 0.2) is 0 Å². The summed E-state index contributed by atoms with van der Waals surface area (Å²) in [5.41, 5.74) is 9.72. The molecule has 0 amide bonds. The van der Waals surface area contributed by atoms with Gasteiger partial charge in [0.25, 0.3) is 0 Å². The summed E-state index contributed by atoms with van der Waals surface area (Å²) in [5.74, 6) is 0.542. The van der Waals surface area contributed by atoms with Gasteiger partial charge in [0, 0.05) is 18.8 Å². The lowest BCUT2D eigenvalue weighted by Gasteiger charge is -2.32. The Labute approximate surface area is 183 Å². The summed E-state index contributed by atoms with van der Waals surface area (Å²) in [6.45, 7) is 16.7. The van der Waals surface area contributed by atoms with Gasteiger partial charge in [-0.05, 0) is 49.8 Å². The van der Waals surface area contributed by atoms with Crippen LogP contribution in [-0.4, -0.2) is 23.8 Å². The second kappa shape index (κ2) is 11.4. The number of hydrogen-bond acceptors (Lipinski definition) is 2. The van der Waals surface area contributed by atoms with E-state index in [2.05, 4.69) is 49.2 Å². The number of unbranched alkanes of at least 4 members (excludes halogenated alkanes) is 1. The lowest BCUT2D eigenvalue weighted by atomic mass is 9.78. The number of rotatable bonds is 7. The van der Waals surface area contributed by atoms with Crippen LogP contribution < -0.4 is 5.73 Å². The minimum atomic E-state index is -0.624. The molecule has 1 heterocycles. The van der Waals surface area contributed by atoms with Crippen LogP contribution in [0.5, 0.6) is 0 Å². The maximum Gasteiger partial charge on any atom is 0.133 e. The molecule has 2 N–H and O–H groups in total. The summed E-state index contributed by atoms with van der Waals surface area (Å²) in [7, 11) is 0. The molecule has 30 heavy (non-hydrogen) atoms. The van der Waals surface area contributed by atoms with Gasteiger partial charge < -0.3 is 10.6 Å². The maximum atomic E-state index is 5.90. The van der Waals surface area contributed by atoms with Crippen molar-refractivity contribution in [3.05, 3.63) is 96.2 Å². The van der Waals surface area contributed by atoms with Crippen molar-refractivity contribution >= 4 is 5.84 Å². The van der Waals surface area contributed by atoms with Crippen molar-refractivity contribution in [1.29, 1.82) is 0 Å². The topological polar surface area (TPSA) is 41.6 Å². The van der Waals surface area contributed by atoms with Crippen LogP contribution in [-0.2, 0) is 5.54 Å². The number of amidine groups is 1. The zero-order valence-electron chi connectivity index (χ0n) is 18.9. The van der Waals surface area contributed by atoms with Crippen LogP contribution in [0.2, 0.25) is 0 Å². The van der Waals surface area contributed by atoms with Crippen LogP contribution in [0, 0.1) is 0 Å². The fourth-order valence-corrected chi connectivity index (χ4v) is 3.92. The van der Waals surface area contributed by atoms with Gasteiger partial charge in [-0.2, -0.15) is 0 Å². The number of aliphatic imine (C=N–C) groups is 1. The predicted octanol–water partition coefficient (Wildman–Crippen LogP) is 6.28. The van der Waals surface area contributed by atoms with E-state index in [0.29, 0.717) is 5.84 Å². The van der Waals surface area contributed by atoms with E-state index >= 15 is 0 Å². The second-order valence-corrected chi connectivity index (χ2v) is 7.99. The summed E-state index contributed by atoms with van der Waals surface area (Å²) >= 11 is 0. The standard InChI is InChI=1S/C18H20N2.C9H17N/c1-14(2)18(20-15(3)19,16-10-6-4-7-11-16)17-12-8-5-9-13-17;1-3-4-7-10-8-5-6-9(10)2/h4-13H,1H2,2-3H3,(H2,19,20);2-8H2,1H3. The van der Waals surface area contributed by atoms with E-state index in [9.17, 15) is 0 Å². The van der Waals surface area contributed by atoms with Gasteiger partial charge in [-0.15, -0.1) is 0 Å². The molecule has 2 aromatic carbocycles. The Morgan fingerprint density at radius 1 is 1.03 bits per heavy atom. The molecule has 1 fully saturated rings. The first kappa shape index (κ1) is 23.5. The van der Waals surface area contributed by atoms with Gasteiger partial charge in [-0.1, -0.05) is 87.2 Å². The quantitative estimate of drug-likeness (QED) is 0.336. The largest absolute Gasteiger partial charge is 0.388 e. The summed E-state index contributed by atoms with van der Waals surface area (Å²) < 4.78 is 0. The molecule has 0 bridgehead atoms. The molecule has 0 spiro atoms. The third-order valence-electron chi connectivity index (χ3n) is 5.47. The highest BCUT2D eigenvalue weighted by molar-refractivity contribution is 5.79. The lowest BCUT2D eigenvalue weighted by Crippen LogP contribution is -2.29. The van der Waals surface area contributed by atoms with Crippen molar-refractivity contribution in [1.82, 2.24) is 4.90 Å². The predicted molar refractivity (Wildman–Crippen MR) is 131 cm³/mol. The number of hydrogen-bond donors (Lipinski definition) is 1. The van der Waals surface area contributed by atoms with E-state index in [1.807, 2.05) is 50.2 Å². The fourth-order valence-electron chi connectivity index (χ4n) is 3.92. The molecular formula is C27H37N3. The van der Waals surface area contributed by atoms with Crippen molar-refractivity contribution in [3.63, 3.8) is 0 Å². The van der Waals surface area contributed by atoms with Crippen molar-refractivity contribution in [2.45, 2.75) is 52.0 Å². The molecule has 3 nitrogen and oxygen atoms in total. The number of allylic oxidation sites excluding steroid dienone is 1. The van der Waals surface area contributed by atoms with Gasteiger partial charge in [-0.3, -0.25) is 4.99 Å². The van der Waals surface area contributed by atoms with Crippen LogP contribution in [0.3, 0.4) is 0 Å². The fraction of sp³-hybridized carbons (Fsp3) is 0.370. The van der Waals surface area contributed by atoms with Crippen LogP contribution in [0.4, 0.5) is 0 Å². The molecule has 3 heteroatoms. The van der Waals surface area contributed by atoms with Gasteiger partial charge in [0.05, 0.1) is 5.84 Å². The summed E-state index contributed by atoms with van der Waals surface area (Å²) in [4.78, 5) is 7.16. The third-order valence-corrected chi connectivity index (χ3v) is 5.47. The molecule has 0 unspecified atom stereocenters. The zero-order chi connectivity index (χ0) is 22.0. The van der Waals surface area contributed by atoms with Gasteiger partial charge in [0.1, 0.15) is 5.54 Å². The van der Waals surface area contributed by atoms with Crippen LogP contribution >= 0.6 is 0 Å². The van der Waals surface area contributed by atoms with Crippen molar-refractivity contribution in [3.8, 4) is 0 Å². The average molecular weight is 404 g/mol. The first-order chi connectivity index (χ1) is 14.4. The molecule has 0 atom stereocenters. The minimum absolute atomic E-state index is 0.542. The van der Waals surface area contributed by atoms with Crippen molar-refractivity contribution in [2.24, 2.45) is 10.7 Å². The highest BCUT2D eigenvalue weighted by Crippen LogP contribution is 2.39. The molecule has 0 aromatic heterocycles. The Kier molecular flexibility index (Phi) is 8.91. The maximum absolute atomic E-state index is 5.90. The first-order valence-electron chi connectivity index (χ1n) is 10.9. The molecule has 0 saturated carbocycles. The SMILES string of the molecule is C=C(C)C(N=C(C)N)(c1ccccc1)c1ccccc1.C=C1CCCN1CCCC. The van der Waals surface area contributed by atoms with Crippen LogP contribution in [0.25, 0.3) is 0 Å². The highest BCUT2D eigenvalue weighted by Gasteiger charge is 2.34. The second-order valence-electron chi connectivity index (χ2n) is 7.99. The van der Waals surface area contributed by atoms with E-state index < -0.39 is 5.54 Å². The molecule has 160 valence electrons. The van der Waals surface area contributed by atoms with Crippen LogP contribution in [0.1, 0.15) is 57.6 Å². The summed E-state index contributed by atoms with van der Waals surface area (Å²) in [6.07, 6.45) is 5.16. The Balaban J connectivity index is 0.000000269. The van der Waals surface area contributed by atoms with E-state index in [1.54, 1.807) is 0 Å². The Morgan fingerprint density at radius 2 is 1.57 bits per heavy atom. The smallest absolute Gasteiger partial charge is 0.133 e. The molecule has 0 aliphatic carbocycles. The molecule has 2 aromatic rings. The monoisotopic (exact) mass is 403 g/mol. The van der Waals surface area contributed by atoms with Gasteiger partial charge >= 0.3 is 0 Å². The van der Waals surface area contributed by atoms with Crippen molar-refractivity contribution < 1.29 is 0 Å². The summed E-state index contributed by atoms with van der Waals surface area (Å²) in [6, 6.07) is 20.3. The van der Waals surface area contributed by atoms with Gasteiger partial charge in [-0.25, -0.2) is 0 Å². The summed E-state index contributed by atoms with van der Waals surface area (Å²) in [5, 5.41) is 0. The van der Waals surface area contributed by atoms with Crippen molar-refractivity contribution in [2.75, 3.05) is 13.1 Å². The van der Waals surface area contributed by atoms with E-state index in [0.717, 1.165) is 16.7 Å². The van der Waals surface area contributed by atoms with E-state index in [4.69, 9.17) is 10.7 Å². The molecule has 1 aliphatic rings. The number of benzene rings is 2. The first-order valence-corrected chi connectivity index (χ1v) is 10.9. The molecular weight excluding hydrogens is 366 g/mol. The third kappa shape index (κ3) is 5.85. The normalized spacial score (nSPS) is 14.3. The zero-order valence-corrected chi connectivity index (χ0v) is 18.9. The average Bonchev–Trinajstić information content (AvgIpc) is 3.16. The molecule has 0 radical (unpaired) electrons. The lowest BCUT2D eigenvalue weighted by molar-refractivity contribution is 0.384. The Hall–Kier alpha value is -2.81. The van der Waals surface area contributed by atoms with E-state index in [1.165, 1.54) is 44.5 Å². The number of nitrogens with two attached hydrogens (primary N) is 1. The van der Waals surface area contributed by atoms with Crippen LogP contribution in [0.15, 0.2) is 90.1 Å². The number of nitrogens with zero attached hydrogens (tertiary/aromatic N) is 2. The Morgan fingerprint density at radius 3 is 1.93 bits per heavy atom. The highest BCUT2D eigenvalue weighted by atomic mass is 15.1. The molecule has 1 saturated heterocycles. The molecule has 3 rings (SSSR count). The Bertz CT molecular complexity index is 793.